The van der Waals surface area contributed by atoms with E-state index in [1.165, 1.54) is 5.56 Å². The van der Waals surface area contributed by atoms with Crippen molar-refractivity contribution in [2.24, 2.45) is 0 Å². The molecule has 1 heterocycles. The number of aromatic amines is 1. The molecule has 0 saturated carbocycles. The number of nitrogens with zero attached hydrogens (tertiary/aromatic N) is 2. The van der Waals surface area contributed by atoms with E-state index in [-0.39, 0.29) is 0 Å². The zero-order chi connectivity index (χ0) is 17.8. The average molecular weight is 358 g/mol. The first kappa shape index (κ1) is 17.7. The van der Waals surface area contributed by atoms with Gasteiger partial charge in [-0.15, -0.1) is 0 Å². The molecule has 0 aliphatic heterocycles. The summed E-state index contributed by atoms with van der Waals surface area (Å²) in [6.45, 7) is 4.36. The van der Waals surface area contributed by atoms with Crippen LogP contribution in [0.25, 0.3) is 22.2 Å². The minimum atomic E-state index is 0.354. The Morgan fingerprint density at radius 1 is 0.960 bits per heavy atom. The lowest BCUT2D eigenvalue weighted by Crippen LogP contribution is -1.98. The molecule has 132 valence electrons. The van der Waals surface area contributed by atoms with Crippen LogP contribution in [0.3, 0.4) is 0 Å². The minimum Gasteiger partial charge on any atom is -0.507 e. The number of aryl methyl sites for hydroxylation is 1. The predicted molar refractivity (Wildman–Crippen MR) is 103 cm³/mol. The van der Waals surface area contributed by atoms with Gasteiger partial charge < -0.3 is 5.11 Å². The number of phenolic OH excluding ortho intramolecular Hbond substituents is 1. The summed E-state index contributed by atoms with van der Waals surface area (Å²) in [6, 6.07) is 7.88. The zero-order valence-electron chi connectivity index (χ0n) is 14.8. The van der Waals surface area contributed by atoms with Crippen molar-refractivity contribution in [1.82, 2.24) is 15.4 Å². The molecule has 0 radical (unpaired) electrons. The van der Waals surface area contributed by atoms with E-state index in [0.29, 0.717) is 16.3 Å². The Labute approximate surface area is 153 Å². The highest BCUT2D eigenvalue weighted by atomic mass is 35.5. The molecule has 3 aromatic rings. The van der Waals surface area contributed by atoms with Crippen LogP contribution in [0.4, 0.5) is 0 Å². The summed E-state index contributed by atoms with van der Waals surface area (Å²) >= 11 is 6.54. The van der Waals surface area contributed by atoms with Gasteiger partial charge in [-0.1, -0.05) is 56.5 Å². The molecule has 0 atom stereocenters. The predicted octanol–water partition coefficient (Wildman–Crippen LogP) is 5.67. The van der Waals surface area contributed by atoms with Gasteiger partial charge in [0.25, 0.3) is 0 Å². The fraction of sp³-hybridized carbons (Fsp3) is 0.400. The van der Waals surface area contributed by atoms with Crippen molar-refractivity contribution in [3.8, 4) is 16.9 Å². The van der Waals surface area contributed by atoms with E-state index in [0.717, 1.165) is 60.7 Å². The molecule has 0 unspecified atom stereocenters. The summed E-state index contributed by atoms with van der Waals surface area (Å²) in [7, 11) is 0. The Morgan fingerprint density at radius 3 is 2.44 bits per heavy atom. The molecule has 4 nitrogen and oxygen atoms in total. The van der Waals surface area contributed by atoms with E-state index in [1.807, 2.05) is 18.2 Å². The van der Waals surface area contributed by atoms with Gasteiger partial charge >= 0.3 is 0 Å². The van der Waals surface area contributed by atoms with E-state index in [1.54, 1.807) is 0 Å². The van der Waals surface area contributed by atoms with Crippen LogP contribution in [0.15, 0.2) is 24.3 Å². The molecule has 0 spiro atoms. The van der Waals surface area contributed by atoms with Crippen molar-refractivity contribution in [2.75, 3.05) is 0 Å². The highest BCUT2D eigenvalue weighted by Gasteiger charge is 2.17. The molecule has 0 bridgehead atoms. The van der Waals surface area contributed by atoms with Gasteiger partial charge in [0.15, 0.2) is 0 Å². The summed E-state index contributed by atoms with van der Waals surface area (Å²) in [5.74, 6) is 0.354. The Balaban J connectivity index is 2.10. The van der Waals surface area contributed by atoms with Gasteiger partial charge in [-0.25, -0.2) is 0 Å². The van der Waals surface area contributed by atoms with Crippen LogP contribution >= 0.6 is 11.6 Å². The maximum absolute atomic E-state index is 11.0. The molecule has 0 amide bonds. The molecule has 3 rings (SSSR count). The monoisotopic (exact) mass is 357 g/mol. The molecule has 1 aromatic heterocycles. The number of benzene rings is 2. The number of rotatable bonds is 7. The molecule has 0 aliphatic carbocycles. The highest BCUT2D eigenvalue weighted by Crippen LogP contribution is 2.40. The Hall–Kier alpha value is -2.07. The number of nitrogens with one attached hydrogen (secondary N) is 1. The van der Waals surface area contributed by atoms with Crippen molar-refractivity contribution in [2.45, 2.75) is 52.4 Å². The lowest BCUT2D eigenvalue weighted by Gasteiger charge is -2.16. The first-order chi connectivity index (χ1) is 12.2. The van der Waals surface area contributed by atoms with E-state index in [9.17, 15) is 5.11 Å². The van der Waals surface area contributed by atoms with Gasteiger partial charge in [0.2, 0.25) is 0 Å². The van der Waals surface area contributed by atoms with E-state index in [4.69, 9.17) is 11.6 Å². The van der Waals surface area contributed by atoms with Crippen LogP contribution in [-0.4, -0.2) is 20.5 Å². The second-order valence-electron chi connectivity index (χ2n) is 6.42. The molecule has 0 fully saturated rings. The SMILES string of the molecule is CCCCc1ccc(-c2ccc3n[nH]nc3c2Cl)c(O)c1CCCC. The second-order valence-corrected chi connectivity index (χ2v) is 6.80. The van der Waals surface area contributed by atoms with Crippen molar-refractivity contribution in [3.05, 3.63) is 40.4 Å². The topological polar surface area (TPSA) is 61.8 Å². The minimum absolute atomic E-state index is 0.354. The molecule has 2 N–H and O–H groups in total. The van der Waals surface area contributed by atoms with Crippen molar-refractivity contribution < 1.29 is 5.11 Å². The van der Waals surface area contributed by atoms with Gasteiger partial charge in [-0.05, 0) is 42.9 Å². The quantitative estimate of drug-likeness (QED) is 0.572. The molecule has 25 heavy (non-hydrogen) atoms. The average Bonchev–Trinajstić information content (AvgIpc) is 3.10. The van der Waals surface area contributed by atoms with Crippen molar-refractivity contribution >= 4 is 22.6 Å². The summed E-state index contributed by atoms with van der Waals surface area (Å²) < 4.78 is 0. The summed E-state index contributed by atoms with van der Waals surface area (Å²) in [4.78, 5) is 0. The molecular weight excluding hydrogens is 334 g/mol. The third-order valence-electron chi connectivity index (χ3n) is 4.68. The largest absolute Gasteiger partial charge is 0.507 e. The standard InChI is InChI=1S/C20H24ClN3O/c1-3-5-7-13-9-10-16(20(25)14(13)8-6-4-2)15-11-12-17-19(18(15)21)23-24-22-17/h9-12,25H,3-8H2,1-2H3,(H,22,23,24). The molecule has 2 aromatic carbocycles. The number of hydrogen-bond donors (Lipinski definition) is 2. The van der Waals surface area contributed by atoms with Crippen LogP contribution in [0.5, 0.6) is 5.75 Å². The Morgan fingerprint density at radius 2 is 1.68 bits per heavy atom. The number of unbranched alkanes of at least 4 members (excludes halogenated alkanes) is 2. The van der Waals surface area contributed by atoms with Crippen molar-refractivity contribution in [1.29, 1.82) is 0 Å². The van der Waals surface area contributed by atoms with Crippen LogP contribution in [-0.2, 0) is 12.8 Å². The molecule has 0 saturated heterocycles. The first-order valence-corrected chi connectivity index (χ1v) is 9.38. The van der Waals surface area contributed by atoms with Crippen LogP contribution in [0, 0.1) is 0 Å². The summed E-state index contributed by atoms with van der Waals surface area (Å²) in [6.07, 6.45) is 6.32. The lowest BCUT2D eigenvalue weighted by atomic mass is 9.92. The molecular formula is C20H24ClN3O. The van der Waals surface area contributed by atoms with E-state index >= 15 is 0 Å². The number of fused-ring (bicyclic) bond motifs is 1. The van der Waals surface area contributed by atoms with Crippen molar-refractivity contribution in [3.63, 3.8) is 0 Å². The van der Waals surface area contributed by atoms with Gasteiger partial charge in [0.1, 0.15) is 16.8 Å². The van der Waals surface area contributed by atoms with E-state index in [2.05, 4.69) is 35.3 Å². The fourth-order valence-corrected chi connectivity index (χ4v) is 3.52. The third-order valence-corrected chi connectivity index (χ3v) is 5.06. The maximum Gasteiger partial charge on any atom is 0.132 e. The maximum atomic E-state index is 11.0. The van der Waals surface area contributed by atoms with Crippen LogP contribution in [0.1, 0.15) is 50.7 Å². The Kier molecular flexibility index (Phi) is 5.59. The van der Waals surface area contributed by atoms with Gasteiger partial charge in [0, 0.05) is 11.1 Å². The zero-order valence-corrected chi connectivity index (χ0v) is 15.5. The van der Waals surface area contributed by atoms with Crippen LogP contribution in [0.2, 0.25) is 5.02 Å². The van der Waals surface area contributed by atoms with Gasteiger partial charge in [-0.2, -0.15) is 15.4 Å². The molecule has 5 heteroatoms. The van der Waals surface area contributed by atoms with Gasteiger partial charge in [0.05, 0.1) is 5.02 Å². The number of aromatic hydroxyl groups is 1. The van der Waals surface area contributed by atoms with Crippen LogP contribution < -0.4 is 0 Å². The van der Waals surface area contributed by atoms with E-state index < -0.39 is 0 Å². The smallest absolute Gasteiger partial charge is 0.132 e. The number of phenols is 1. The second kappa shape index (κ2) is 7.87. The number of aromatic nitrogens is 3. The highest BCUT2D eigenvalue weighted by molar-refractivity contribution is 6.37. The fourth-order valence-electron chi connectivity index (χ4n) is 3.22. The summed E-state index contributed by atoms with van der Waals surface area (Å²) in [5.41, 5.74) is 5.21. The number of hydrogen-bond acceptors (Lipinski definition) is 3. The third kappa shape index (κ3) is 3.49. The Bertz CT molecular complexity index is 873. The summed E-state index contributed by atoms with van der Waals surface area (Å²) in [5, 5.41) is 22.3. The number of H-pyrrole nitrogens is 1. The van der Waals surface area contributed by atoms with Gasteiger partial charge in [-0.3, -0.25) is 0 Å². The first-order valence-electron chi connectivity index (χ1n) is 9.00. The molecule has 0 aliphatic rings. The lowest BCUT2D eigenvalue weighted by molar-refractivity contribution is 0.467. The normalized spacial score (nSPS) is 11.3. The number of halogens is 1.